The zero-order chi connectivity index (χ0) is 12.0. The van der Waals surface area contributed by atoms with Crippen LogP contribution < -0.4 is 5.32 Å². The van der Waals surface area contributed by atoms with Gasteiger partial charge in [-0.15, -0.1) is 12.4 Å². The number of methoxy groups -OCH3 is 1. The summed E-state index contributed by atoms with van der Waals surface area (Å²) in [6.45, 7) is 7.45. The maximum atomic E-state index is 12.4. The molecule has 0 spiro atoms. The first-order valence-corrected chi connectivity index (χ1v) is 6.25. The van der Waals surface area contributed by atoms with Crippen LogP contribution in [-0.2, 0) is 9.53 Å². The Morgan fingerprint density at radius 1 is 1.35 bits per heavy atom. The number of likely N-dealkylation sites (N-methyl/N-ethyl adjacent to an activating group) is 1. The molecular formula is C12H25ClN2O2. The SMILES string of the molecule is CCCN(CC)C(=O)C1(OC)CCNCC1.Cl. The molecule has 0 unspecified atom stereocenters. The van der Waals surface area contributed by atoms with Crippen LogP contribution in [0.25, 0.3) is 0 Å². The molecule has 1 aliphatic rings. The monoisotopic (exact) mass is 264 g/mol. The number of nitrogens with one attached hydrogen (secondary N) is 1. The Hall–Kier alpha value is -0.320. The van der Waals surface area contributed by atoms with Crippen molar-refractivity contribution in [3.05, 3.63) is 0 Å². The van der Waals surface area contributed by atoms with Gasteiger partial charge in [0, 0.05) is 20.2 Å². The second-order valence-corrected chi connectivity index (χ2v) is 4.33. The highest BCUT2D eigenvalue weighted by atomic mass is 35.5. The number of carbonyl (C=O) groups excluding carboxylic acids is 1. The normalized spacial score (nSPS) is 18.3. The number of carbonyl (C=O) groups is 1. The number of halogens is 1. The molecule has 0 saturated carbocycles. The summed E-state index contributed by atoms with van der Waals surface area (Å²) >= 11 is 0. The lowest BCUT2D eigenvalue weighted by molar-refractivity contribution is -0.158. The second-order valence-electron chi connectivity index (χ2n) is 4.33. The molecule has 102 valence electrons. The molecule has 0 aromatic rings. The largest absolute Gasteiger partial charge is 0.368 e. The lowest BCUT2D eigenvalue weighted by Crippen LogP contribution is -2.55. The highest BCUT2D eigenvalue weighted by Crippen LogP contribution is 2.25. The van der Waals surface area contributed by atoms with Crippen molar-refractivity contribution in [2.75, 3.05) is 33.3 Å². The number of hydrogen-bond acceptors (Lipinski definition) is 3. The van der Waals surface area contributed by atoms with Crippen molar-refractivity contribution in [2.24, 2.45) is 0 Å². The van der Waals surface area contributed by atoms with Crippen molar-refractivity contribution < 1.29 is 9.53 Å². The molecule has 0 radical (unpaired) electrons. The minimum absolute atomic E-state index is 0. The van der Waals surface area contributed by atoms with Crippen molar-refractivity contribution in [1.29, 1.82) is 0 Å². The van der Waals surface area contributed by atoms with Gasteiger partial charge in [-0.1, -0.05) is 6.92 Å². The fourth-order valence-electron chi connectivity index (χ4n) is 2.30. The highest BCUT2D eigenvalue weighted by molar-refractivity contribution is 5.85. The van der Waals surface area contributed by atoms with E-state index in [4.69, 9.17) is 4.74 Å². The minimum Gasteiger partial charge on any atom is -0.368 e. The van der Waals surface area contributed by atoms with Gasteiger partial charge in [-0.25, -0.2) is 0 Å². The minimum atomic E-state index is -0.573. The maximum absolute atomic E-state index is 12.4. The average Bonchev–Trinajstić information content (AvgIpc) is 2.36. The van der Waals surface area contributed by atoms with Gasteiger partial charge in [0.2, 0.25) is 0 Å². The average molecular weight is 265 g/mol. The van der Waals surface area contributed by atoms with Gasteiger partial charge in [0.25, 0.3) is 5.91 Å². The molecule has 1 rings (SSSR count). The summed E-state index contributed by atoms with van der Waals surface area (Å²) < 4.78 is 5.54. The Balaban J connectivity index is 0.00000256. The number of piperidine rings is 1. The van der Waals surface area contributed by atoms with Gasteiger partial charge in [-0.2, -0.15) is 0 Å². The van der Waals surface area contributed by atoms with E-state index in [2.05, 4.69) is 12.2 Å². The molecule has 1 saturated heterocycles. The van der Waals surface area contributed by atoms with Crippen LogP contribution in [0.2, 0.25) is 0 Å². The summed E-state index contributed by atoms with van der Waals surface area (Å²) in [5.41, 5.74) is -0.573. The van der Waals surface area contributed by atoms with E-state index in [1.807, 2.05) is 11.8 Å². The molecule has 0 aromatic heterocycles. The first kappa shape index (κ1) is 16.7. The summed E-state index contributed by atoms with van der Waals surface area (Å²) in [6, 6.07) is 0. The molecule has 1 N–H and O–H groups in total. The molecule has 0 bridgehead atoms. The molecule has 4 nitrogen and oxygen atoms in total. The molecule has 5 heteroatoms. The topological polar surface area (TPSA) is 41.6 Å². The maximum Gasteiger partial charge on any atom is 0.254 e. The molecule has 0 atom stereocenters. The molecule has 17 heavy (non-hydrogen) atoms. The summed E-state index contributed by atoms with van der Waals surface area (Å²) in [5.74, 6) is 0.167. The lowest BCUT2D eigenvalue weighted by atomic mass is 9.90. The fraction of sp³-hybridized carbons (Fsp3) is 0.917. The Kier molecular flexibility index (Phi) is 7.75. The fourth-order valence-corrected chi connectivity index (χ4v) is 2.30. The van der Waals surface area contributed by atoms with Crippen LogP contribution in [0.3, 0.4) is 0 Å². The van der Waals surface area contributed by atoms with Gasteiger partial charge in [-0.05, 0) is 39.3 Å². The van der Waals surface area contributed by atoms with Crippen molar-refractivity contribution in [2.45, 2.75) is 38.7 Å². The van der Waals surface area contributed by atoms with E-state index in [0.717, 1.165) is 45.4 Å². The van der Waals surface area contributed by atoms with Crippen molar-refractivity contribution in [1.82, 2.24) is 10.2 Å². The Morgan fingerprint density at radius 2 is 1.94 bits per heavy atom. The summed E-state index contributed by atoms with van der Waals surface area (Å²) in [5, 5.41) is 3.27. The second kappa shape index (κ2) is 7.90. The number of ether oxygens (including phenoxy) is 1. The quantitative estimate of drug-likeness (QED) is 0.817. The predicted molar refractivity (Wildman–Crippen MR) is 71.6 cm³/mol. The third kappa shape index (κ3) is 3.83. The molecule has 1 fully saturated rings. The predicted octanol–water partition coefficient (Wildman–Crippen LogP) is 1.44. The highest BCUT2D eigenvalue weighted by Gasteiger charge is 2.41. The molecule has 1 heterocycles. The molecule has 0 aromatic carbocycles. The zero-order valence-corrected chi connectivity index (χ0v) is 11.9. The number of hydrogen-bond donors (Lipinski definition) is 1. The van der Waals surface area contributed by atoms with E-state index in [9.17, 15) is 4.79 Å². The summed E-state index contributed by atoms with van der Waals surface area (Å²) in [6.07, 6.45) is 2.56. The summed E-state index contributed by atoms with van der Waals surface area (Å²) in [7, 11) is 1.66. The third-order valence-corrected chi connectivity index (χ3v) is 3.35. The van der Waals surface area contributed by atoms with Crippen LogP contribution in [0.5, 0.6) is 0 Å². The van der Waals surface area contributed by atoms with Crippen LogP contribution >= 0.6 is 12.4 Å². The van der Waals surface area contributed by atoms with E-state index in [-0.39, 0.29) is 18.3 Å². The van der Waals surface area contributed by atoms with Gasteiger partial charge in [0.1, 0.15) is 5.60 Å². The van der Waals surface area contributed by atoms with E-state index in [0.29, 0.717) is 0 Å². The van der Waals surface area contributed by atoms with Crippen LogP contribution in [-0.4, -0.2) is 49.7 Å². The van der Waals surface area contributed by atoms with E-state index in [1.54, 1.807) is 7.11 Å². The smallest absolute Gasteiger partial charge is 0.254 e. The van der Waals surface area contributed by atoms with Gasteiger partial charge in [-0.3, -0.25) is 4.79 Å². The van der Waals surface area contributed by atoms with Crippen LogP contribution in [0.4, 0.5) is 0 Å². The van der Waals surface area contributed by atoms with Crippen LogP contribution in [0.15, 0.2) is 0 Å². The van der Waals surface area contributed by atoms with Crippen molar-refractivity contribution >= 4 is 18.3 Å². The molecule has 1 amide bonds. The van der Waals surface area contributed by atoms with Gasteiger partial charge in [0.15, 0.2) is 0 Å². The van der Waals surface area contributed by atoms with Gasteiger partial charge in [0.05, 0.1) is 0 Å². The molecule has 1 aliphatic heterocycles. The van der Waals surface area contributed by atoms with Gasteiger partial charge < -0.3 is 15.0 Å². The van der Waals surface area contributed by atoms with E-state index < -0.39 is 5.60 Å². The van der Waals surface area contributed by atoms with E-state index in [1.165, 1.54) is 0 Å². The third-order valence-electron chi connectivity index (χ3n) is 3.35. The number of amides is 1. The molecular weight excluding hydrogens is 240 g/mol. The van der Waals surface area contributed by atoms with E-state index >= 15 is 0 Å². The van der Waals surface area contributed by atoms with Crippen LogP contribution in [0, 0.1) is 0 Å². The van der Waals surface area contributed by atoms with Gasteiger partial charge >= 0.3 is 0 Å². The Labute approximate surface area is 110 Å². The van der Waals surface area contributed by atoms with Crippen LogP contribution in [0.1, 0.15) is 33.1 Å². The molecule has 0 aliphatic carbocycles. The standard InChI is InChI=1S/C12H24N2O2.ClH/c1-4-10-14(5-2)11(15)12(16-3)6-8-13-9-7-12;/h13H,4-10H2,1-3H3;1H. The first-order valence-electron chi connectivity index (χ1n) is 6.25. The number of rotatable bonds is 5. The van der Waals surface area contributed by atoms with Crippen molar-refractivity contribution in [3.63, 3.8) is 0 Å². The number of nitrogens with zero attached hydrogens (tertiary/aromatic N) is 1. The Morgan fingerprint density at radius 3 is 2.35 bits per heavy atom. The Bertz CT molecular complexity index is 231. The van der Waals surface area contributed by atoms with Crippen molar-refractivity contribution in [3.8, 4) is 0 Å². The lowest BCUT2D eigenvalue weighted by Gasteiger charge is -2.38. The summed E-state index contributed by atoms with van der Waals surface area (Å²) in [4.78, 5) is 14.4. The first-order chi connectivity index (χ1) is 7.70. The zero-order valence-electron chi connectivity index (χ0n) is 11.1.